The maximum absolute atomic E-state index is 5.90. The molecular formula is C18H24ClN5. The van der Waals surface area contributed by atoms with Crippen molar-refractivity contribution in [1.29, 1.82) is 0 Å². The van der Waals surface area contributed by atoms with E-state index in [-0.39, 0.29) is 5.95 Å². The van der Waals surface area contributed by atoms with Gasteiger partial charge in [-0.25, -0.2) is 4.98 Å². The molecule has 128 valence electrons. The molecule has 2 aromatic rings. The molecule has 0 unspecified atom stereocenters. The lowest BCUT2D eigenvalue weighted by Crippen LogP contribution is -2.35. The van der Waals surface area contributed by atoms with E-state index < -0.39 is 0 Å². The highest BCUT2D eigenvalue weighted by Gasteiger charge is 2.19. The van der Waals surface area contributed by atoms with Gasteiger partial charge in [0.05, 0.1) is 0 Å². The normalized spacial score (nSPS) is 16.2. The Morgan fingerprint density at radius 1 is 1.21 bits per heavy atom. The van der Waals surface area contributed by atoms with Crippen molar-refractivity contribution >= 4 is 23.4 Å². The number of hydrogen-bond donors (Lipinski definition) is 2. The topological polar surface area (TPSA) is 67.1 Å². The Bertz CT molecular complexity index is 645. The number of nitrogens with zero attached hydrogens (tertiary/aromatic N) is 3. The zero-order chi connectivity index (χ0) is 16.9. The Labute approximate surface area is 148 Å². The van der Waals surface area contributed by atoms with Crippen LogP contribution in [0.1, 0.15) is 24.0 Å². The summed E-state index contributed by atoms with van der Waals surface area (Å²) in [5.74, 6) is 1.56. The van der Waals surface area contributed by atoms with Crippen molar-refractivity contribution in [3.8, 4) is 0 Å². The van der Waals surface area contributed by atoms with E-state index in [0.717, 1.165) is 26.2 Å². The van der Waals surface area contributed by atoms with Gasteiger partial charge in [-0.05, 0) is 44.3 Å². The third-order valence-corrected chi connectivity index (χ3v) is 4.71. The molecule has 1 aromatic heterocycles. The fourth-order valence-electron chi connectivity index (χ4n) is 3.08. The summed E-state index contributed by atoms with van der Waals surface area (Å²) in [5, 5.41) is 3.71. The molecule has 1 aliphatic heterocycles. The van der Waals surface area contributed by atoms with Crippen LogP contribution in [-0.2, 0) is 6.54 Å². The minimum absolute atomic E-state index is 0.206. The first-order valence-corrected chi connectivity index (χ1v) is 8.78. The molecule has 2 heterocycles. The van der Waals surface area contributed by atoms with Gasteiger partial charge in [0.15, 0.2) is 0 Å². The summed E-state index contributed by atoms with van der Waals surface area (Å²) in [6.45, 7) is 6.32. The van der Waals surface area contributed by atoms with Gasteiger partial charge >= 0.3 is 0 Å². The Hall–Kier alpha value is -1.85. The number of nitrogens with two attached hydrogens (primary N) is 1. The Morgan fingerprint density at radius 2 is 1.92 bits per heavy atom. The van der Waals surface area contributed by atoms with Crippen LogP contribution < -0.4 is 11.1 Å². The number of nitrogens with one attached hydrogen (secondary N) is 1. The lowest BCUT2D eigenvalue weighted by molar-refractivity contribution is 0.182. The van der Waals surface area contributed by atoms with Crippen LogP contribution in [0.2, 0.25) is 5.15 Å². The SMILES string of the molecule is Cc1ccc(CN2CCC(CNc3cc(Cl)nc(N)n3)CC2)cc1. The van der Waals surface area contributed by atoms with Gasteiger partial charge in [0.25, 0.3) is 0 Å². The molecular weight excluding hydrogens is 322 g/mol. The van der Waals surface area contributed by atoms with E-state index in [1.807, 2.05) is 0 Å². The zero-order valence-corrected chi connectivity index (χ0v) is 14.8. The zero-order valence-electron chi connectivity index (χ0n) is 14.0. The second-order valence-electron chi connectivity index (χ2n) is 6.52. The van der Waals surface area contributed by atoms with Crippen molar-refractivity contribution in [3.05, 3.63) is 46.6 Å². The lowest BCUT2D eigenvalue weighted by atomic mass is 9.96. The van der Waals surface area contributed by atoms with Gasteiger partial charge < -0.3 is 11.1 Å². The Kier molecular flexibility index (Phi) is 5.53. The van der Waals surface area contributed by atoms with Gasteiger partial charge in [-0.2, -0.15) is 4.98 Å². The molecule has 0 aliphatic carbocycles. The molecule has 3 N–H and O–H groups in total. The first-order valence-electron chi connectivity index (χ1n) is 8.40. The van der Waals surface area contributed by atoms with E-state index in [4.69, 9.17) is 17.3 Å². The average Bonchev–Trinajstić information content (AvgIpc) is 2.55. The smallest absolute Gasteiger partial charge is 0.223 e. The number of nitrogen functional groups attached to an aromatic ring is 1. The summed E-state index contributed by atoms with van der Waals surface area (Å²) < 4.78 is 0. The second kappa shape index (κ2) is 7.81. The Morgan fingerprint density at radius 3 is 2.58 bits per heavy atom. The van der Waals surface area contributed by atoms with Crippen LogP contribution in [0.3, 0.4) is 0 Å². The fraction of sp³-hybridized carbons (Fsp3) is 0.444. The first-order chi connectivity index (χ1) is 11.6. The van der Waals surface area contributed by atoms with Crippen LogP contribution in [0.5, 0.6) is 0 Å². The van der Waals surface area contributed by atoms with Crippen LogP contribution in [0.25, 0.3) is 0 Å². The van der Waals surface area contributed by atoms with Crippen molar-refractivity contribution < 1.29 is 0 Å². The number of likely N-dealkylation sites (tertiary alicyclic amines) is 1. The van der Waals surface area contributed by atoms with Gasteiger partial charge in [0, 0.05) is 19.2 Å². The number of rotatable bonds is 5. The number of aromatic nitrogens is 2. The van der Waals surface area contributed by atoms with E-state index in [2.05, 4.69) is 51.4 Å². The third-order valence-electron chi connectivity index (χ3n) is 4.52. The van der Waals surface area contributed by atoms with Crippen LogP contribution in [0.4, 0.5) is 11.8 Å². The third kappa shape index (κ3) is 4.82. The Balaban J connectivity index is 1.44. The highest BCUT2D eigenvalue weighted by molar-refractivity contribution is 6.29. The minimum atomic E-state index is 0.206. The predicted octanol–water partition coefficient (Wildman–Crippen LogP) is 3.34. The van der Waals surface area contributed by atoms with E-state index in [1.165, 1.54) is 24.0 Å². The van der Waals surface area contributed by atoms with Crippen molar-refractivity contribution in [2.45, 2.75) is 26.3 Å². The minimum Gasteiger partial charge on any atom is -0.370 e. The standard InChI is InChI=1S/C18H24ClN5/c1-13-2-4-15(5-3-13)12-24-8-6-14(7-9-24)11-21-17-10-16(19)22-18(20)23-17/h2-5,10,14H,6-9,11-12H2,1H3,(H3,20,21,22,23). The first kappa shape index (κ1) is 17.0. The lowest BCUT2D eigenvalue weighted by Gasteiger charge is -2.32. The summed E-state index contributed by atoms with van der Waals surface area (Å²) >= 11 is 5.90. The molecule has 0 radical (unpaired) electrons. The number of hydrogen-bond acceptors (Lipinski definition) is 5. The van der Waals surface area contributed by atoms with E-state index in [9.17, 15) is 0 Å². The summed E-state index contributed by atoms with van der Waals surface area (Å²) in [4.78, 5) is 10.6. The van der Waals surface area contributed by atoms with Gasteiger partial charge in [-0.1, -0.05) is 41.4 Å². The number of benzene rings is 1. The molecule has 0 amide bonds. The molecule has 3 rings (SSSR count). The molecule has 24 heavy (non-hydrogen) atoms. The molecule has 0 atom stereocenters. The van der Waals surface area contributed by atoms with E-state index >= 15 is 0 Å². The highest BCUT2D eigenvalue weighted by atomic mass is 35.5. The molecule has 1 saturated heterocycles. The fourth-order valence-corrected chi connectivity index (χ4v) is 3.26. The van der Waals surface area contributed by atoms with Crippen molar-refractivity contribution in [3.63, 3.8) is 0 Å². The van der Waals surface area contributed by atoms with Gasteiger partial charge in [-0.3, -0.25) is 4.90 Å². The monoisotopic (exact) mass is 345 g/mol. The maximum Gasteiger partial charge on any atom is 0.223 e. The van der Waals surface area contributed by atoms with Crippen molar-refractivity contribution in [2.75, 3.05) is 30.7 Å². The van der Waals surface area contributed by atoms with Crippen molar-refractivity contribution in [1.82, 2.24) is 14.9 Å². The predicted molar refractivity (Wildman–Crippen MR) is 99.1 cm³/mol. The summed E-state index contributed by atoms with van der Waals surface area (Å²) in [5.41, 5.74) is 8.32. The van der Waals surface area contributed by atoms with Crippen molar-refractivity contribution in [2.24, 2.45) is 5.92 Å². The molecule has 6 heteroatoms. The van der Waals surface area contributed by atoms with Crippen LogP contribution >= 0.6 is 11.6 Å². The number of piperidine rings is 1. The van der Waals surface area contributed by atoms with Gasteiger partial charge in [0.1, 0.15) is 11.0 Å². The largest absolute Gasteiger partial charge is 0.370 e. The molecule has 0 saturated carbocycles. The molecule has 1 aliphatic rings. The number of halogens is 1. The summed E-state index contributed by atoms with van der Waals surface area (Å²) in [6.07, 6.45) is 2.38. The van der Waals surface area contributed by atoms with Gasteiger partial charge in [0.2, 0.25) is 5.95 Å². The summed E-state index contributed by atoms with van der Waals surface area (Å²) in [7, 11) is 0. The van der Waals surface area contributed by atoms with Gasteiger partial charge in [-0.15, -0.1) is 0 Å². The summed E-state index contributed by atoms with van der Waals surface area (Å²) in [6, 6.07) is 10.5. The second-order valence-corrected chi connectivity index (χ2v) is 6.91. The quantitative estimate of drug-likeness (QED) is 0.813. The van der Waals surface area contributed by atoms with Crippen LogP contribution in [0, 0.1) is 12.8 Å². The van der Waals surface area contributed by atoms with Crippen LogP contribution in [-0.4, -0.2) is 34.5 Å². The average molecular weight is 346 g/mol. The maximum atomic E-state index is 5.90. The molecule has 1 aromatic carbocycles. The van der Waals surface area contributed by atoms with Crippen LogP contribution in [0.15, 0.2) is 30.3 Å². The molecule has 5 nitrogen and oxygen atoms in total. The van der Waals surface area contributed by atoms with E-state index in [1.54, 1.807) is 6.07 Å². The van der Waals surface area contributed by atoms with E-state index in [0.29, 0.717) is 16.9 Å². The number of aryl methyl sites for hydroxylation is 1. The molecule has 0 spiro atoms. The molecule has 1 fully saturated rings. The number of anilines is 2. The highest BCUT2D eigenvalue weighted by Crippen LogP contribution is 2.20. The molecule has 0 bridgehead atoms.